The average Bonchev–Trinajstić information content (AvgIpc) is 2.21. The average molecular weight is 189 g/mol. The number of hydrogen-bond acceptors (Lipinski definition) is 3. The van der Waals surface area contributed by atoms with E-state index in [-0.39, 0.29) is 0 Å². The molecule has 0 aliphatic rings. The largest absolute Gasteiger partial charge is 0.496 e. The van der Waals surface area contributed by atoms with E-state index in [0.29, 0.717) is 5.56 Å². The molecule has 0 aliphatic heterocycles. The zero-order valence-corrected chi connectivity index (χ0v) is 8.42. The van der Waals surface area contributed by atoms with Gasteiger partial charge in [-0.1, -0.05) is 0 Å². The minimum Gasteiger partial charge on any atom is -0.496 e. The fourth-order valence-electron chi connectivity index (χ4n) is 1.32. The highest BCUT2D eigenvalue weighted by Gasteiger charge is 2.11. The molecule has 0 saturated heterocycles. The van der Waals surface area contributed by atoms with Crippen LogP contribution in [0.5, 0.6) is 5.75 Å². The van der Waals surface area contributed by atoms with Crippen LogP contribution in [0.15, 0.2) is 12.1 Å². The predicted octanol–water partition coefficient (Wildman–Crippen LogP) is 2.02. The molecule has 72 valence electrons. The zero-order chi connectivity index (χ0) is 10.7. The molecule has 0 fully saturated rings. The number of benzene rings is 1. The summed E-state index contributed by atoms with van der Waals surface area (Å²) in [6, 6.07) is 4.93. The fourth-order valence-corrected chi connectivity index (χ4v) is 1.32. The summed E-state index contributed by atoms with van der Waals surface area (Å²) in [6.45, 7) is 3.67. The summed E-state index contributed by atoms with van der Waals surface area (Å²) in [4.78, 5) is 11.2. The van der Waals surface area contributed by atoms with E-state index in [1.807, 2.05) is 13.8 Å². The smallest absolute Gasteiger partial charge is 0.262 e. The van der Waals surface area contributed by atoms with Gasteiger partial charge in [0.15, 0.2) is 0 Å². The van der Waals surface area contributed by atoms with Crippen molar-refractivity contribution in [2.75, 3.05) is 7.11 Å². The van der Waals surface area contributed by atoms with Crippen molar-refractivity contribution in [2.45, 2.75) is 13.8 Å². The predicted molar refractivity (Wildman–Crippen MR) is 52.4 cm³/mol. The molecule has 0 unspecified atom stereocenters. The van der Waals surface area contributed by atoms with Gasteiger partial charge in [0.2, 0.25) is 0 Å². The van der Waals surface area contributed by atoms with Crippen LogP contribution in [0.1, 0.15) is 21.5 Å². The molecule has 0 aromatic heterocycles. The normalized spacial score (nSPS) is 9.29. The van der Waals surface area contributed by atoms with Gasteiger partial charge in [-0.25, -0.2) is 0 Å². The lowest BCUT2D eigenvalue weighted by atomic mass is 10.00. The van der Waals surface area contributed by atoms with Gasteiger partial charge >= 0.3 is 0 Å². The van der Waals surface area contributed by atoms with E-state index in [1.54, 1.807) is 25.3 Å². The highest BCUT2D eigenvalue weighted by atomic mass is 16.5. The number of hydrogen-bond donors (Lipinski definition) is 0. The number of nitriles is 1. The van der Waals surface area contributed by atoms with Crippen molar-refractivity contribution >= 4 is 5.78 Å². The van der Waals surface area contributed by atoms with E-state index in [0.717, 1.165) is 16.9 Å². The summed E-state index contributed by atoms with van der Waals surface area (Å²) in [6.07, 6.45) is 0. The van der Waals surface area contributed by atoms with Crippen molar-refractivity contribution in [2.24, 2.45) is 0 Å². The highest BCUT2D eigenvalue weighted by molar-refractivity contribution is 6.08. The Bertz CT molecular complexity index is 416. The first-order chi connectivity index (χ1) is 6.61. The third kappa shape index (κ3) is 1.60. The molecule has 0 amide bonds. The topological polar surface area (TPSA) is 50.1 Å². The van der Waals surface area contributed by atoms with Gasteiger partial charge in [-0.3, -0.25) is 4.79 Å². The number of Topliss-reactive ketones (excluding diaryl/α,β-unsaturated/α-hetero) is 1. The minimum atomic E-state index is -0.506. The van der Waals surface area contributed by atoms with Crippen LogP contribution in [0.2, 0.25) is 0 Å². The Labute approximate surface area is 82.9 Å². The van der Waals surface area contributed by atoms with Crippen LogP contribution in [0, 0.1) is 25.2 Å². The Morgan fingerprint density at radius 2 is 2.00 bits per heavy atom. The lowest BCUT2D eigenvalue weighted by Gasteiger charge is -2.09. The van der Waals surface area contributed by atoms with Gasteiger partial charge < -0.3 is 4.74 Å². The standard InChI is InChI=1S/C11H11NO2/c1-7-8(2)11(14-3)5-4-9(7)10(13)6-12/h4-5H,1-3H3. The molecule has 0 bridgehead atoms. The number of carbonyl (C=O) groups is 1. The molecular weight excluding hydrogens is 178 g/mol. The number of carbonyl (C=O) groups excluding carboxylic acids is 1. The molecule has 1 rings (SSSR count). The van der Waals surface area contributed by atoms with Crippen LogP contribution in [-0.4, -0.2) is 12.9 Å². The van der Waals surface area contributed by atoms with Crippen molar-refractivity contribution < 1.29 is 9.53 Å². The number of methoxy groups -OCH3 is 1. The summed E-state index contributed by atoms with van der Waals surface area (Å²) in [5.74, 6) is 0.227. The molecule has 0 saturated carbocycles. The van der Waals surface area contributed by atoms with Gasteiger partial charge in [0.1, 0.15) is 11.8 Å². The van der Waals surface area contributed by atoms with E-state index < -0.39 is 5.78 Å². The monoisotopic (exact) mass is 189 g/mol. The van der Waals surface area contributed by atoms with Crippen LogP contribution in [-0.2, 0) is 0 Å². The van der Waals surface area contributed by atoms with Gasteiger partial charge in [0.25, 0.3) is 5.78 Å². The Balaban J connectivity index is 3.32. The van der Waals surface area contributed by atoms with Gasteiger partial charge in [-0.15, -0.1) is 0 Å². The summed E-state index contributed by atoms with van der Waals surface area (Å²) < 4.78 is 5.10. The summed E-state index contributed by atoms with van der Waals surface area (Å²) in [7, 11) is 1.58. The first kappa shape index (κ1) is 10.3. The van der Waals surface area contributed by atoms with E-state index in [9.17, 15) is 4.79 Å². The maximum atomic E-state index is 11.2. The summed E-state index contributed by atoms with van der Waals surface area (Å²) >= 11 is 0. The van der Waals surface area contributed by atoms with E-state index in [1.165, 1.54) is 0 Å². The van der Waals surface area contributed by atoms with Gasteiger partial charge in [-0.05, 0) is 37.1 Å². The molecule has 3 heteroatoms. The second-order valence-corrected chi connectivity index (χ2v) is 3.01. The Kier molecular flexibility index (Phi) is 2.88. The lowest BCUT2D eigenvalue weighted by molar-refractivity contribution is 0.105. The molecule has 0 heterocycles. The first-order valence-corrected chi connectivity index (χ1v) is 4.20. The number of ether oxygens (including phenoxy) is 1. The second-order valence-electron chi connectivity index (χ2n) is 3.01. The maximum Gasteiger partial charge on any atom is 0.262 e. The molecule has 0 N–H and O–H groups in total. The Morgan fingerprint density at radius 3 is 2.50 bits per heavy atom. The molecule has 1 aromatic carbocycles. The van der Waals surface area contributed by atoms with Gasteiger partial charge in [-0.2, -0.15) is 5.26 Å². The minimum absolute atomic E-state index is 0.450. The molecule has 1 aromatic rings. The van der Waals surface area contributed by atoms with Crippen molar-refractivity contribution in [3.8, 4) is 11.8 Å². The summed E-state index contributed by atoms with van der Waals surface area (Å²) in [5.41, 5.74) is 2.15. The van der Waals surface area contributed by atoms with Crippen LogP contribution < -0.4 is 4.74 Å². The molecular formula is C11H11NO2. The quantitative estimate of drug-likeness (QED) is 0.528. The summed E-state index contributed by atoms with van der Waals surface area (Å²) in [5, 5.41) is 8.50. The lowest BCUT2D eigenvalue weighted by Crippen LogP contribution is -2.01. The third-order valence-corrected chi connectivity index (χ3v) is 2.30. The first-order valence-electron chi connectivity index (χ1n) is 4.20. The highest BCUT2D eigenvalue weighted by Crippen LogP contribution is 2.23. The van der Waals surface area contributed by atoms with E-state index >= 15 is 0 Å². The van der Waals surface area contributed by atoms with Crippen molar-refractivity contribution in [3.63, 3.8) is 0 Å². The molecule has 3 nitrogen and oxygen atoms in total. The molecule has 0 radical (unpaired) electrons. The van der Waals surface area contributed by atoms with E-state index in [2.05, 4.69) is 0 Å². The fraction of sp³-hybridized carbons (Fsp3) is 0.273. The Hall–Kier alpha value is -1.82. The second kappa shape index (κ2) is 3.93. The van der Waals surface area contributed by atoms with Crippen LogP contribution in [0.4, 0.5) is 0 Å². The van der Waals surface area contributed by atoms with Crippen molar-refractivity contribution in [1.82, 2.24) is 0 Å². The number of nitrogens with zero attached hydrogens (tertiary/aromatic N) is 1. The SMILES string of the molecule is COc1ccc(C(=O)C#N)c(C)c1C. The molecule has 0 aliphatic carbocycles. The van der Waals surface area contributed by atoms with Crippen LogP contribution in [0.25, 0.3) is 0 Å². The molecule has 14 heavy (non-hydrogen) atoms. The Morgan fingerprint density at radius 1 is 1.36 bits per heavy atom. The molecule has 0 spiro atoms. The van der Waals surface area contributed by atoms with Crippen LogP contribution >= 0.6 is 0 Å². The van der Waals surface area contributed by atoms with Crippen molar-refractivity contribution in [1.29, 1.82) is 5.26 Å². The number of ketones is 1. The van der Waals surface area contributed by atoms with Gasteiger partial charge in [0, 0.05) is 5.56 Å². The third-order valence-electron chi connectivity index (χ3n) is 2.30. The van der Waals surface area contributed by atoms with Crippen LogP contribution in [0.3, 0.4) is 0 Å². The zero-order valence-electron chi connectivity index (χ0n) is 8.42. The maximum absolute atomic E-state index is 11.2. The van der Waals surface area contributed by atoms with Crippen molar-refractivity contribution in [3.05, 3.63) is 28.8 Å². The van der Waals surface area contributed by atoms with E-state index in [4.69, 9.17) is 10.00 Å². The van der Waals surface area contributed by atoms with Gasteiger partial charge in [0.05, 0.1) is 7.11 Å². The number of rotatable bonds is 2. The molecule has 0 atom stereocenters.